The zero-order chi connectivity index (χ0) is 22.5. The minimum atomic E-state index is -0.400. The van der Waals surface area contributed by atoms with E-state index in [1.54, 1.807) is 17.0 Å². The average molecular weight is 441 g/mol. The zero-order valence-electron chi connectivity index (χ0n) is 18.5. The van der Waals surface area contributed by atoms with Crippen LogP contribution in [0.3, 0.4) is 0 Å². The fourth-order valence-corrected chi connectivity index (χ4v) is 4.73. The number of nitrogens with one attached hydrogen (secondary N) is 1. The Balaban J connectivity index is 1.41. The molecule has 5 aromatic rings. The van der Waals surface area contributed by atoms with E-state index in [0.717, 1.165) is 40.0 Å². The smallest absolute Gasteiger partial charge is 0.258 e. The van der Waals surface area contributed by atoms with E-state index in [1.807, 2.05) is 67.7 Å². The number of para-hydroxylation sites is 1. The largest absolute Gasteiger partial charge is 0.458 e. The first kappa shape index (κ1) is 19.8. The van der Waals surface area contributed by atoms with Gasteiger partial charge in [-0.3, -0.25) is 4.79 Å². The quantitative estimate of drug-likeness (QED) is 0.461. The highest BCUT2D eigenvalue weighted by atomic mass is 16.3. The normalized spacial score (nSPS) is 16.1. The maximum Gasteiger partial charge on any atom is 0.258 e. The summed E-state index contributed by atoms with van der Waals surface area (Å²) in [5.74, 6) is 0.631. The first-order chi connectivity index (χ1) is 16.1. The number of pyridine rings is 1. The highest BCUT2D eigenvalue weighted by Gasteiger charge is 2.37. The second kappa shape index (κ2) is 7.60. The molecule has 0 bridgehead atoms. The van der Waals surface area contributed by atoms with E-state index in [4.69, 9.17) is 4.42 Å². The molecule has 4 aromatic heterocycles. The molecule has 6 rings (SSSR count). The fourth-order valence-electron chi connectivity index (χ4n) is 4.73. The van der Waals surface area contributed by atoms with Crippen LogP contribution in [0.4, 0.5) is 0 Å². The van der Waals surface area contributed by atoms with Crippen LogP contribution in [0.2, 0.25) is 0 Å². The molecule has 1 aliphatic heterocycles. The number of furan rings is 1. The maximum absolute atomic E-state index is 13.9. The molecule has 0 fully saturated rings. The third-order valence-corrected chi connectivity index (χ3v) is 6.21. The Morgan fingerprint density at radius 1 is 1.24 bits per heavy atom. The summed E-state index contributed by atoms with van der Waals surface area (Å²) in [4.78, 5) is 25.6. The van der Waals surface area contributed by atoms with Gasteiger partial charge in [-0.25, -0.2) is 9.50 Å². The topological polar surface area (TPSA) is 82.7 Å². The lowest BCUT2D eigenvalue weighted by Gasteiger charge is -2.33. The Kier molecular flexibility index (Phi) is 4.55. The van der Waals surface area contributed by atoms with Gasteiger partial charge in [0.15, 0.2) is 0 Å². The zero-order valence-corrected chi connectivity index (χ0v) is 18.5. The first-order valence-corrected chi connectivity index (χ1v) is 11.0. The van der Waals surface area contributed by atoms with Crippen molar-refractivity contribution in [3.05, 3.63) is 89.5 Å². The van der Waals surface area contributed by atoms with Gasteiger partial charge in [-0.1, -0.05) is 24.3 Å². The van der Waals surface area contributed by atoms with Crippen molar-refractivity contribution in [3.63, 3.8) is 0 Å². The predicted octanol–water partition coefficient (Wildman–Crippen LogP) is 3.65. The van der Waals surface area contributed by atoms with Crippen LogP contribution >= 0.6 is 0 Å². The molecule has 0 unspecified atom stereocenters. The number of benzene rings is 1. The van der Waals surface area contributed by atoms with Crippen molar-refractivity contribution >= 4 is 22.4 Å². The molecule has 33 heavy (non-hydrogen) atoms. The summed E-state index contributed by atoms with van der Waals surface area (Å²) in [5.41, 5.74) is 5.17. The van der Waals surface area contributed by atoms with Crippen molar-refractivity contribution in [2.75, 3.05) is 20.6 Å². The van der Waals surface area contributed by atoms with Gasteiger partial charge in [0.25, 0.3) is 5.91 Å². The summed E-state index contributed by atoms with van der Waals surface area (Å²) in [6.45, 7) is 1.37. The number of aromatic nitrogens is 4. The molecule has 1 atom stereocenters. The lowest BCUT2D eigenvalue weighted by atomic mass is 9.99. The van der Waals surface area contributed by atoms with Gasteiger partial charge in [-0.15, -0.1) is 0 Å². The highest BCUT2D eigenvalue weighted by Crippen LogP contribution is 2.37. The number of aromatic amines is 1. The number of nitrogens with zero attached hydrogens (tertiary/aromatic N) is 5. The number of H-pyrrole nitrogens is 1. The molecule has 1 amide bonds. The number of amides is 1. The van der Waals surface area contributed by atoms with Crippen LogP contribution in [0, 0.1) is 0 Å². The molecule has 0 radical (unpaired) electrons. The Morgan fingerprint density at radius 3 is 2.97 bits per heavy atom. The number of hydrogen-bond donors (Lipinski definition) is 1. The molecule has 1 aromatic carbocycles. The van der Waals surface area contributed by atoms with Crippen LogP contribution in [0.25, 0.3) is 16.5 Å². The van der Waals surface area contributed by atoms with Crippen molar-refractivity contribution in [1.29, 1.82) is 0 Å². The van der Waals surface area contributed by atoms with Crippen LogP contribution in [0.15, 0.2) is 65.6 Å². The second-order valence-electron chi connectivity index (χ2n) is 8.77. The molecule has 5 heterocycles. The van der Waals surface area contributed by atoms with Crippen molar-refractivity contribution < 1.29 is 9.21 Å². The molecule has 1 aliphatic rings. The number of imidazole rings is 1. The van der Waals surface area contributed by atoms with Crippen molar-refractivity contribution in [2.45, 2.75) is 19.0 Å². The van der Waals surface area contributed by atoms with Gasteiger partial charge in [0.2, 0.25) is 0 Å². The van der Waals surface area contributed by atoms with Gasteiger partial charge in [0, 0.05) is 36.8 Å². The van der Waals surface area contributed by atoms with Crippen LogP contribution in [-0.2, 0) is 13.0 Å². The molecule has 1 N–H and O–H groups in total. The Hall–Kier alpha value is -3.91. The summed E-state index contributed by atoms with van der Waals surface area (Å²) in [6.07, 6.45) is 6.04. The molecule has 166 valence electrons. The molecule has 8 heteroatoms. The molecule has 0 aliphatic carbocycles. The van der Waals surface area contributed by atoms with E-state index in [9.17, 15) is 4.79 Å². The Bertz CT molecular complexity index is 1440. The molecular weight excluding hydrogens is 416 g/mol. The van der Waals surface area contributed by atoms with Gasteiger partial charge in [-0.2, -0.15) is 5.10 Å². The van der Waals surface area contributed by atoms with E-state index in [0.29, 0.717) is 24.3 Å². The monoisotopic (exact) mass is 440 g/mol. The van der Waals surface area contributed by atoms with Crippen molar-refractivity contribution in [3.8, 4) is 0 Å². The van der Waals surface area contributed by atoms with Gasteiger partial charge in [-0.05, 0) is 37.9 Å². The minimum Gasteiger partial charge on any atom is -0.458 e. The summed E-state index contributed by atoms with van der Waals surface area (Å²) in [6, 6.07) is 13.5. The molecule has 0 saturated heterocycles. The first-order valence-electron chi connectivity index (χ1n) is 11.0. The fraction of sp³-hybridized carbons (Fsp3) is 0.240. The Morgan fingerprint density at radius 2 is 2.12 bits per heavy atom. The van der Waals surface area contributed by atoms with Crippen LogP contribution in [0.1, 0.15) is 39.1 Å². The summed E-state index contributed by atoms with van der Waals surface area (Å²) < 4.78 is 7.98. The predicted molar refractivity (Wildman–Crippen MR) is 124 cm³/mol. The second-order valence-corrected chi connectivity index (χ2v) is 8.77. The number of rotatable bonds is 4. The summed E-state index contributed by atoms with van der Waals surface area (Å²) >= 11 is 0. The van der Waals surface area contributed by atoms with Crippen LogP contribution < -0.4 is 0 Å². The molecule has 0 spiro atoms. The summed E-state index contributed by atoms with van der Waals surface area (Å²) in [7, 11) is 4.06. The lowest BCUT2D eigenvalue weighted by Crippen LogP contribution is -2.40. The van der Waals surface area contributed by atoms with E-state index in [2.05, 4.69) is 20.0 Å². The minimum absolute atomic E-state index is 0.0792. The van der Waals surface area contributed by atoms with E-state index in [1.165, 1.54) is 0 Å². The van der Waals surface area contributed by atoms with Gasteiger partial charge in [0.1, 0.15) is 17.4 Å². The third-order valence-electron chi connectivity index (χ3n) is 6.21. The van der Waals surface area contributed by atoms with Gasteiger partial charge >= 0.3 is 0 Å². The number of hydrogen-bond acceptors (Lipinski definition) is 5. The van der Waals surface area contributed by atoms with Crippen LogP contribution in [-0.4, -0.2) is 55.9 Å². The van der Waals surface area contributed by atoms with Crippen molar-refractivity contribution in [1.82, 2.24) is 29.4 Å². The standard InChI is InChI=1S/C25H24N6O2/c1-29(2)13-16-7-8-20-18(12-28-31(20)14-16)25(32)30-10-9-19-23(27-15-26-19)24(30)22-11-17-5-3-4-6-21(17)33-22/h3-8,11-12,14-15,24H,9-10,13H2,1-2H3,(H,26,27)/t24-/m1/s1. The van der Waals surface area contributed by atoms with Crippen molar-refractivity contribution in [2.24, 2.45) is 0 Å². The summed E-state index contributed by atoms with van der Waals surface area (Å²) in [5, 5.41) is 5.48. The number of carbonyl (C=O) groups excluding carboxylic acids is 1. The van der Waals surface area contributed by atoms with E-state index >= 15 is 0 Å². The SMILES string of the molecule is CN(C)Cc1ccc2c(C(=O)N3CCc4[nH]cnc4[C@H]3c3cc4ccccc4o3)cnn2c1. The lowest BCUT2D eigenvalue weighted by molar-refractivity contribution is 0.0675. The number of carbonyl (C=O) groups is 1. The van der Waals surface area contributed by atoms with E-state index in [-0.39, 0.29) is 5.91 Å². The van der Waals surface area contributed by atoms with Gasteiger partial charge < -0.3 is 19.2 Å². The Labute approximate surface area is 190 Å². The molecule has 8 nitrogen and oxygen atoms in total. The highest BCUT2D eigenvalue weighted by molar-refractivity contribution is 6.01. The molecular formula is C25H24N6O2. The van der Waals surface area contributed by atoms with E-state index < -0.39 is 6.04 Å². The number of fused-ring (bicyclic) bond motifs is 3. The van der Waals surface area contributed by atoms with Crippen LogP contribution in [0.5, 0.6) is 0 Å². The maximum atomic E-state index is 13.9. The third kappa shape index (κ3) is 3.30. The van der Waals surface area contributed by atoms with Gasteiger partial charge in [0.05, 0.1) is 29.3 Å². The average Bonchev–Trinajstić information content (AvgIpc) is 3.54. The molecule has 0 saturated carbocycles.